The van der Waals surface area contributed by atoms with Crippen LogP contribution in [0, 0.1) is 6.92 Å². The van der Waals surface area contributed by atoms with Crippen molar-refractivity contribution < 1.29 is 13.9 Å². The molecular weight excluding hydrogens is 180 g/mol. The van der Waals surface area contributed by atoms with Gasteiger partial charge < -0.3 is 9.15 Å². The van der Waals surface area contributed by atoms with Gasteiger partial charge in [-0.25, -0.2) is 0 Å². The molecule has 0 unspecified atom stereocenters. The zero-order valence-electron chi connectivity index (χ0n) is 8.03. The number of fused-ring (bicyclic) bond motifs is 1. The Labute approximate surface area is 81.3 Å². The molecule has 0 saturated carbocycles. The summed E-state index contributed by atoms with van der Waals surface area (Å²) in [4.78, 5) is 10.9. The van der Waals surface area contributed by atoms with Crippen molar-refractivity contribution in [2.75, 3.05) is 7.11 Å². The fourth-order valence-corrected chi connectivity index (χ4v) is 1.52. The van der Waals surface area contributed by atoms with E-state index in [2.05, 4.69) is 0 Å². The minimum absolute atomic E-state index is 0.470. The summed E-state index contributed by atoms with van der Waals surface area (Å²) in [6.45, 7) is 1.94. The Morgan fingerprint density at radius 2 is 2.21 bits per heavy atom. The van der Waals surface area contributed by atoms with E-state index in [0.29, 0.717) is 16.9 Å². The minimum Gasteiger partial charge on any atom is -0.496 e. The second kappa shape index (κ2) is 3.18. The monoisotopic (exact) mass is 190 g/mol. The maximum atomic E-state index is 10.9. The lowest BCUT2D eigenvalue weighted by atomic mass is 10.1. The highest BCUT2D eigenvalue weighted by atomic mass is 16.5. The number of benzene rings is 1. The molecule has 0 spiro atoms. The summed E-state index contributed by atoms with van der Waals surface area (Å²) in [6, 6.07) is 3.66. The van der Waals surface area contributed by atoms with Crippen molar-refractivity contribution in [3.8, 4) is 5.75 Å². The number of methoxy groups -OCH3 is 1. The largest absolute Gasteiger partial charge is 0.496 e. The number of hydrogen-bond donors (Lipinski definition) is 0. The summed E-state index contributed by atoms with van der Waals surface area (Å²) in [7, 11) is 1.53. The lowest BCUT2D eigenvalue weighted by Gasteiger charge is -2.02. The minimum atomic E-state index is 0.470. The van der Waals surface area contributed by atoms with Gasteiger partial charge in [-0.2, -0.15) is 0 Å². The second-order valence-corrected chi connectivity index (χ2v) is 3.09. The summed E-state index contributed by atoms with van der Waals surface area (Å²) < 4.78 is 10.4. The number of aldehydes is 1. The zero-order valence-corrected chi connectivity index (χ0v) is 8.03. The first-order valence-electron chi connectivity index (χ1n) is 4.28. The highest BCUT2D eigenvalue weighted by Crippen LogP contribution is 2.29. The molecule has 0 aliphatic carbocycles. The average Bonchev–Trinajstić information content (AvgIpc) is 2.59. The number of aryl methyl sites for hydroxylation is 1. The third-order valence-corrected chi connectivity index (χ3v) is 2.27. The van der Waals surface area contributed by atoms with Gasteiger partial charge in [-0.15, -0.1) is 0 Å². The molecule has 1 heterocycles. The van der Waals surface area contributed by atoms with E-state index in [1.165, 1.54) is 7.11 Å². The Hall–Kier alpha value is -1.77. The molecular formula is C11H10O3. The molecule has 14 heavy (non-hydrogen) atoms. The molecule has 0 bridgehead atoms. The molecule has 0 atom stereocenters. The van der Waals surface area contributed by atoms with Crippen molar-refractivity contribution in [2.45, 2.75) is 6.92 Å². The van der Waals surface area contributed by atoms with E-state index in [1.807, 2.05) is 13.0 Å². The maximum Gasteiger partial charge on any atom is 0.157 e. The summed E-state index contributed by atoms with van der Waals surface area (Å²) in [6.07, 6.45) is 2.39. The first kappa shape index (κ1) is 8.81. The first-order chi connectivity index (χ1) is 6.77. The van der Waals surface area contributed by atoms with E-state index >= 15 is 0 Å². The maximum absolute atomic E-state index is 10.9. The molecule has 0 fully saturated rings. The molecule has 1 aromatic carbocycles. The predicted octanol–water partition coefficient (Wildman–Crippen LogP) is 2.56. The van der Waals surface area contributed by atoms with Gasteiger partial charge in [0.1, 0.15) is 11.3 Å². The molecule has 3 nitrogen and oxygen atoms in total. The van der Waals surface area contributed by atoms with Gasteiger partial charge in [0.25, 0.3) is 0 Å². The van der Waals surface area contributed by atoms with Gasteiger partial charge in [-0.3, -0.25) is 4.79 Å². The molecule has 0 amide bonds. The van der Waals surface area contributed by atoms with Gasteiger partial charge >= 0.3 is 0 Å². The van der Waals surface area contributed by atoms with Crippen LogP contribution in [0.2, 0.25) is 0 Å². The van der Waals surface area contributed by atoms with Crippen LogP contribution in [0.1, 0.15) is 15.9 Å². The van der Waals surface area contributed by atoms with Gasteiger partial charge in [0.15, 0.2) is 6.29 Å². The van der Waals surface area contributed by atoms with E-state index in [4.69, 9.17) is 9.15 Å². The molecule has 0 saturated heterocycles. The lowest BCUT2D eigenvalue weighted by Crippen LogP contribution is -1.90. The Kier molecular flexibility index (Phi) is 2.00. The van der Waals surface area contributed by atoms with Crippen LogP contribution in [-0.2, 0) is 0 Å². The van der Waals surface area contributed by atoms with Crippen LogP contribution < -0.4 is 4.74 Å². The van der Waals surface area contributed by atoms with Crippen LogP contribution in [0.4, 0.5) is 0 Å². The van der Waals surface area contributed by atoms with E-state index in [0.717, 1.165) is 17.2 Å². The van der Waals surface area contributed by atoms with Crippen LogP contribution in [0.25, 0.3) is 11.0 Å². The van der Waals surface area contributed by atoms with Crippen LogP contribution in [0.5, 0.6) is 5.75 Å². The third-order valence-electron chi connectivity index (χ3n) is 2.27. The first-order valence-corrected chi connectivity index (χ1v) is 4.28. The molecule has 3 heteroatoms. The van der Waals surface area contributed by atoms with Crippen molar-refractivity contribution >= 4 is 17.3 Å². The third kappa shape index (κ3) is 1.09. The smallest absolute Gasteiger partial charge is 0.157 e. The van der Waals surface area contributed by atoms with E-state index in [1.54, 1.807) is 12.3 Å². The van der Waals surface area contributed by atoms with E-state index in [9.17, 15) is 4.79 Å². The predicted molar refractivity (Wildman–Crippen MR) is 52.9 cm³/mol. The molecule has 0 N–H and O–H groups in total. The van der Waals surface area contributed by atoms with Gasteiger partial charge in [0.2, 0.25) is 0 Å². The van der Waals surface area contributed by atoms with Crippen LogP contribution in [-0.4, -0.2) is 13.4 Å². The molecule has 0 radical (unpaired) electrons. The Balaban J connectivity index is 2.84. The molecule has 0 aliphatic rings. The van der Waals surface area contributed by atoms with Crippen molar-refractivity contribution in [3.05, 3.63) is 29.5 Å². The summed E-state index contributed by atoms with van der Waals surface area (Å²) in [5, 5.41) is 0.952. The zero-order chi connectivity index (χ0) is 10.1. The fraction of sp³-hybridized carbons (Fsp3) is 0.182. The number of furan rings is 1. The Morgan fingerprint density at radius 1 is 1.43 bits per heavy atom. The SMILES string of the molecule is COc1ccc2c(C)coc2c1C=O. The number of ether oxygens (including phenoxy) is 1. The molecule has 72 valence electrons. The summed E-state index contributed by atoms with van der Waals surface area (Å²) in [5.74, 6) is 0.543. The Morgan fingerprint density at radius 3 is 2.86 bits per heavy atom. The topological polar surface area (TPSA) is 39.4 Å². The standard InChI is InChI=1S/C11H10O3/c1-7-6-14-11-8(7)3-4-10(13-2)9(11)5-12/h3-6H,1-2H3. The highest BCUT2D eigenvalue weighted by Gasteiger charge is 2.11. The van der Waals surface area contributed by atoms with Crippen LogP contribution in [0.3, 0.4) is 0 Å². The number of hydrogen-bond acceptors (Lipinski definition) is 3. The van der Waals surface area contributed by atoms with Crippen LogP contribution >= 0.6 is 0 Å². The molecule has 1 aromatic heterocycles. The van der Waals surface area contributed by atoms with Gasteiger partial charge in [0, 0.05) is 5.39 Å². The second-order valence-electron chi connectivity index (χ2n) is 3.09. The van der Waals surface area contributed by atoms with Crippen LogP contribution in [0.15, 0.2) is 22.8 Å². The van der Waals surface area contributed by atoms with Gasteiger partial charge in [0.05, 0.1) is 18.9 Å². The van der Waals surface area contributed by atoms with Crippen molar-refractivity contribution in [3.63, 3.8) is 0 Å². The molecule has 2 rings (SSSR count). The number of carbonyl (C=O) groups is 1. The molecule has 2 aromatic rings. The Bertz CT molecular complexity index is 482. The van der Waals surface area contributed by atoms with Crippen molar-refractivity contribution in [1.29, 1.82) is 0 Å². The van der Waals surface area contributed by atoms with Gasteiger partial charge in [-0.1, -0.05) is 0 Å². The van der Waals surface area contributed by atoms with E-state index < -0.39 is 0 Å². The highest BCUT2D eigenvalue weighted by molar-refractivity contribution is 5.98. The number of carbonyl (C=O) groups excluding carboxylic acids is 1. The number of rotatable bonds is 2. The lowest BCUT2D eigenvalue weighted by molar-refractivity contribution is 0.112. The average molecular weight is 190 g/mol. The summed E-state index contributed by atoms with van der Waals surface area (Å²) in [5.41, 5.74) is 2.08. The quantitative estimate of drug-likeness (QED) is 0.683. The summed E-state index contributed by atoms with van der Waals surface area (Å²) >= 11 is 0. The molecule has 0 aliphatic heterocycles. The normalized spacial score (nSPS) is 10.4. The van der Waals surface area contributed by atoms with E-state index in [-0.39, 0.29) is 0 Å². The van der Waals surface area contributed by atoms with Crippen molar-refractivity contribution in [1.82, 2.24) is 0 Å². The fourth-order valence-electron chi connectivity index (χ4n) is 1.52. The van der Waals surface area contributed by atoms with Gasteiger partial charge in [-0.05, 0) is 24.6 Å². The van der Waals surface area contributed by atoms with Crippen molar-refractivity contribution in [2.24, 2.45) is 0 Å².